The largest absolute Gasteiger partial charge is 0.358 e. The lowest BCUT2D eigenvalue weighted by atomic mass is 9.80. The molecule has 0 radical (unpaired) electrons. The molecule has 0 spiro atoms. The van der Waals surface area contributed by atoms with Gasteiger partial charge in [0.25, 0.3) is 0 Å². The summed E-state index contributed by atoms with van der Waals surface area (Å²) < 4.78 is 0. The molecule has 0 aliphatic carbocycles. The number of H-pyrrole nitrogens is 1. The second-order valence-corrected chi connectivity index (χ2v) is 6.56. The molecule has 1 aromatic carbocycles. The summed E-state index contributed by atoms with van der Waals surface area (Å²) in [5.41, 5.74) is 4.61. The van der Waals surface area contributed by atoms with Crippen LogP contribution in [-0.2, 0) is 12.0 Å². The first-order chi connectivity index (χ1) is 7.89. The summed E-state index contributed by atoms with van der Waals surface area (Å²) in [7, 11) is 0. The molecule has 1 aliphatic heterocycles. The van der Waals surface area contributed by atoms with Crippen molar-refractivity contribution in [2.24, 2.45) is 0 Å². The van der Waals surface area contributed by atoms with Crippen LogP contribution in [-0.4, -0.2) is 10.5 Å². The molecule has 1 aromatic heterocycles. The normalized spacial score (nSPS) is 21.4. The average molecular weight is 229 g/mol. The maximum absolute atomic E-state index is 3.61. The highest BCUT2D eigenvalue weighted by Gasteiger charge is 2.42. The van der Waals surface area contributed by atoms with E-state index in [-0.39, 0.29) is 11.1 Å². The zero-order chi connectivity index (χ0) is 12.3. The molecule has 3 N–H and O–H groups in total. The summed E-state index contributed by atoms with van der Waals surface area (Å²) in [6.07, 6.45) is 1.11. The lowest BCUT2D eigenvalue weighted by Gasteiger charge is -2.38. The molecule has 2 heteroatoms. The summed E-state index contributed by atoms with van der Waals surface area (Å²) in [6.45, 7) is 9.30. The van der Waals surface area contributed by atoms with E-state index in [4.69, 9.17) is 0 Å². The molecule has 0 bridgehead atoms. The zero-order valence-electron chi connectivity index (χ0n) is 11.1. The second-order valence-electron chi connectivity index (χ2n) is 6.56. The van der Waals surface area contributed by atoms with E-state index in [2.05, 4.69) is 62.3 Å². The monoisotopic (exact) mass is 229 g/mol. The van der Waals surface area contributed by atoms with E-state index < -0.39 is 0 Å². The fraction of sp³-hybridized carbons (Fsp3) is 0.467. The number of nitrogens with two attached hydrogens (primary N) is 1. The van der Waals surface area contributed by atoms with Crippen LogP contribution >= 0.6 is 0 Å². The van der Waals surface area contributed by atoms with Crippen molar-refractivity contribution in [1.82, 2.24) is 4.98 Å². The number of fused-ring (bicyclic) bond motifs is 3. The highest BCUT2D eigenvalue weighted by atomic mass is 15.1. The Morgan fingerprint density at radius 2 is 1.82 bits per heavy atom. The molecule has 2 aromatic rings. The maximum atomic E-state index is 3.61. The van der Waals surface area contributed by atoms with Crippen molar-refractivity contribution in [2.45, 2.75) is 45.2 Å². The van der Waals surface area contributed by atoms with E-state index in [9.17, 15) is 0 Å². The van der Waals surface area contributed by atoms with Gasteiger partial charge < -0.3 is 10.3 Å². The van der Waals surface area contributed by atoms with E-state index in [1.165, 1.54) is 22.2 Å². The molecule has 3 rings (SSSR count). The molecule has 0 amide bonds. The second kappa shape index (κ2) is 3.14. The Morgan fingerprint density at radius 3 is 2.59 bits per heavy atom. The van der Waals surface area contributed by atoms with Crippen molar-refractivity contribution >= 4 is 10.9 Å². The lowest BCUT2D eigenvalue weighted by Crippen LogP contribution is -3.04. The summed E-state index contributed by atoms with van der Waals surface area (Å²) in [6, 6.07) is 8.65. The molecular formula is C15H21N2+. The Bertz CT molecular complexity index is 576. The van der Waals surface area contributed by atoms with Gasteiger partial charge in [-0.15, -0.1) is 0 Å². The Labute approximate surface area is 102 Å². The summed E-state index contributed by atoms with van der Waals surface area (Å²) in [5, 5.41) is 3.89. The number of aromatic amines is 1. The molecule has 0 fully saturated rings. The van der Waals surface area contributed by atoms with Crippen LogP contribution in [0.3, 0.4) is 0 Å². The molecule has 90 valence electrons. The van der Waals surface area contributed by atoms with E-state index in [1.54, 1.807) is 0 Å². The van der Waals surface area contributed by atoms with Crippen LogP contribution in [0.25, 0.3) is 10.9 Å². The Balaban J connectivity index is 2.31. The van der Waals surface area contributed by atoms with Crippen LogP contribution in [0.4, 0.5) is 0 Å². The molecule has 2 heterocycles. The lowest BCUT2D eigenvalue weighted by molar-refractivity contribution is -0.790. The third kappa shape index (κ3) is 1.59. The van der Waals surface area contributed by atoms with Crippen molar-refractivity contribution in [3.63, 3.8) is 0 Å². The van der Waals surface area contributed by atoms with Gasteiger partial charge in [-0.05, 0) is 33.8 Å². The predicted molar refractivity (Wildman–Crippen MR) is 71.0 cm³/mol. The summed E-state index contributed by atoms with van der Waals surface area (Å²) in [5.74, 6) is 0. The molecule has 1 aliphatic rings. The number of hydrogen-bond acceptors (Lipinski definition) is 0. The van der Waals surface area contributed by atoms with Gasteiger partial charge in [0.2, 0.25) is 0 Å². The Morgan fingerprint density at radius 1 is 1.12 bits per heavy atom. The van der Waals surface area contributed by atoms with Gasteiger partial charge >= 0.3 is 0 Å². The van der Waals surface area contributed by atoms with Gasteiger partial charge in [-0.25, -0.2) is 0 Å². The first-order valence-electron chi connectivity index (χ1n) is 6.36. The number of rotatable bonds is 0. The molecule has 2 nitrogen and oxygen atoms in total. The number of quaternary nitrogens is 1. The van der Waals surface area contributed by atoms with Crippen LogP contribution in [0.1, 0.15) is 39.0 Å². The molecule has 0 unspecified atom stereocenters. The van der Waals surface area contributed by atoms with E-state index in [0.717, 1.165) is 6.42 Å². The number of hydrogen-bond donors (Lipinski definition) is 2. The van der Waals surface area contributed by atoms with Crippen molar-refractivity contribution in [3.8, 4) is 0 Å². The third-order valence-corrected chi connectivity index (χ3v) is 3.81. The molecule has 0 saturated heterocycles. The van der Waals surface area contributed by atoms with Gasteiger partial charge in [0.1, 0.15) is 5.54 Å². The van der Waals surface area contributed by atoms with Crippen LogP contribution in [0, 0.1) is 0 Å². The van der Waals surface area contributed by atoms with E-state index >= 15 is 0 Å². The van der Waals surface area contributed by atoms with Gasteiger partial charge in [0.05, 0.1) is 5.54 Å². The zero-order valence-corrected chi connectivity index (χ0v) is 11.1. The van der Waals surface area contributed by atoms with E-state index in [1.807, 2.05) is 0 Å². The molecular weight excluding hydrogens is 208 g/mol. The topological polar surface area (TPSA) is 32.4 Å². The number of para-hydroxylation sites is 1. The van der Waals surface area contributed by atoms with Crippen LogP contribution in [0.2, 0.25) is 0 Å². The highest BCUT2D eigenvalue weighted by Crippen LogP contribution is 2.34. The molecule has 0 atom stereocenters. The fourth-order valence-corrected chi connectivity index (χ4v) is 3.62. The number of aromatic nitrogens is 1. The van der Waals surface area contributed by atoms with Gasteiger partial charge in [-0.1, -0.05) is 18.2 Å². The minimum atomic E-state index is 0.149. The minimum absolute atomic E-state index is 0.149. The van der Waals surface area contributed by atoms with Crippen molar-refractivity contribution in [3.05, 3.63) is 35.5 Å². The number of nitrogens with one attached hydrogen (secondary N) is 1. The Kier molecular flexibility index (Phi) is 2.00. The van der Waals surface area contributed by atoms with Crippen LogP contribution in [0.15, 0.2) is 24.3 Å². The minimum Gasteiger partial charge on any atom is -0.358 e. The quantitative estimate of drug-likeness (QED) is 0.695. The summed E-state index contributed by atoms with van der Waals surface area (Å²) >= 11 is 0. The third-order valence-electron chi connectivity index (χ3n) is 3.81. The SMILES string of the molecule is CC1(C)Cc2[nH]c3ccccc3c2C(C)(C)[NH2+]1. The maximum Gasteiger partial charge on any atom is 0.119 e. The van der Waals surface area contributed by atoms with Crippen molar-refractivity contribution < 1.29 is 5.32 Å². The van der Waals surface area contributed by atoms with Gasteiger partial charge in [0, 0.05) is 28.6 Å². The molecule has 17 heavy (non-hydrogen) atoms. The van der Waals surface area contributed by atoms with Crippen LogP contribution < -0.4 is 5.32 Å². The number of benzene rings is 1. The highest BCUT2D eigenvalue weighted by molar-refractivity contribution is 5.85. The van der Waals surface area contributed by atoms with Gasteiger partial charge in [-0.2, -0.15) is 0 Å². The fourth-order valence-electron chi connectivity index (χ4n) is 3.62. The smallest absolute Gasteiger partial charge is 0.119 e. The van der Waals surface area contributed by atoms with Crippen molar-refractivity contribution in [1.29, 1.82) is 0 Å². The van der Waals surface area contributed by atoms with Gasteiger partial charge in [-0.3, -0.25) is 0 Å². The van der Waals surface area contributed by atoms with Crippen LogP contribution in [0.5, 0.6) is 0 Å². The Hall–Kier alpha value is -1.28. The molecule has 0 saturated carbocycles. The van der Waals surface area contributed by atoms with E-state index in [0.29, 0.717) is 0 Å². The standard InChI is InChI=1S/C15H20N2/c1-14(2)9-12-13(15(3,4)17-14)10-7-5-6-8-11(10)16-12/h5-8,16-17H,9H2,1-4H3/p+1. The van der Waals surface area contributed by atoms with Gasteiger partial charge in [0.15, 0.2) is 0 Å². The first-order valence-corrected chi connectivity index (χ1v) is 6.36. The average Bonchev–Trinajstić information content (AvgIpc) is 2.51. The summed E-state index contributed by atoms with van der Waals surface area (Å²) in [4.78, 5) is 3.61. The van der Waals surface area contributed by atoms with Crippen molar-refractivity contribution in [2.75, 3.05) is 0 Å². The predicted octanol–water partition coefficient (Wildman–Crippen LogP) is 2.30. The first kappa shape index (κ1) is 10.8.